The first-order chi connectivity index (χ1) is 9.50. The molecular formula is C15H21NO3S. The SMILES string of the molecule is CC(C(=O)c1ccccc1)S(=O)(=O)CC1CCNCC1. The normalized spacial score (nSPS) is 18.6. The lowest BCUT2D eigenvalue weighted by molar-refractivity contribution is 0.0991. The molecule has 1 aliphatic rings. The molecule has 0 bridgehead atoms. The lowest BCUT2D eigenvalue weighted by Crippen LogP contribution is -2.36. The summed E-state index contributed by atoms with van der Waals surface area (Å²) in [4.78, 5) is 12.2. The lowest BCUT2D eigenvalue weighted by Gasteiger charge is -2.23. The van der Waals surface area contributed by atoms with Crippen LogP contribution in [0.1, 0.15) is 30.1 Å². The number of ketones is 1. The van der Waals surface area contributed by atoms with Gasteiger partial charge in [0.2, 0.25) is 0 Å². The van der Waals surface area contributed by atoms with Crippen molar-refractivity contribution < 1.29 is 13.2 Å². The van der Waals surface area contributed by atoms with Crippen LogP contribution in [0.2, 0.25) is 0 Å². The Hall–Kier alpha value is -1.20. The molecule has 110 valence electrons. The summed E-state index contributed by atoms with van der Waals surface area (Å²) in [5.41, 5.74) is 0.467. The monoisotopic (exact) mass is 295 g/mol. The average molecular weight is 295 g/mol. The van der Waals surface area contributed by atoms with Crippen LogP contribution >= 0.6 is 0 Å². The van der Waals surface area contributed by atoms with Crippen LogP contribution in [0.4, 0.5) is 0 Å². The maximum atomic E-state index is 12.4. The average Bonchev–Trinajstić information content (AvgIpc) is 2.47. The van der Waals surface area contributed by atoms with E-state index in [9.17, 15) is 13.2 Å². The number of sulfone groups is 1. The van der Waals surface area contributed by atoms with E-state index < -0.39 is 15.1 Å². The fraction of sp³-hybridized carbons (Fsp3) is 0.533. The maximum Gasteiger partial charge on any atom is 0.180 e. The number of Topliss-reactive ketones (excluding diaryl/α,β-unsaturated/α-hetero) is 1. The van der Waals surface area contributed by atoms with Crippen LogP contribution in [-0.2, 0) is 9.84 Å². The number of carbonyl (C=O) groups excluding carboxylic acids is 1. The van der Waals surface area contributed by atoms with E-state index in [1.165, 1.54) is 6.92 Å². The highest BCUT2D eigenvalue weighted by Crippen LogP contribution is 2.19. The third-order valence-corrected chi connectivity index (χ3v) is 6.12. The minimum absolute atomic E-state index is 0.119. The first-order valence-electron chi connectivity index (χ1n) is 7.02. The van der Waals surface area contributed by atoms with E-state index in [1.807, 2.05) is 6.07 Å². The zero-order valence-corrected chi connectivity index (χ0v) is 12.5. The topological polar surface area (TPSA) is 63.2 Å². The second-order valence-electron chi connectivity index (χ2n) is 5.40. The highest BCUT2D eigenvalue weighted by atomic mass is 32.2. The summed E-state index contributed by atoms with van der Waals surface area (Å²) >= 11 is 0. The molecule has 0 amide bonds. The van der Waals surface area contributed by atoms with E-state index >= 15 is 0 Å². The van der Waals surface area contributed by atoms with Crippen molar-refractivity contribution in [2.75, 3.05) is 18.8 Å². The highest BCUT2D eigenvalue weighted by molar-refractivity contribution is 7.92. The van der Waals surface area contributed by atoms with Crippen LogP contribution in [-0.4, -0.2) is 38.3 Å². The van der Waals surface area contributed by atoms with Gasteiger partial charge in [-0.3, -0.25) is 4.79 Å². The number of nitrogens with one attached hydrogen (secondary N) is 1. The molecule has 20 heavy (non-hydrogen) atoms. The first kappa shape index (κ1) is 15.2. The predicted octanol–water partition coefficient (Wildman–Crippen LogP) is 1.67. The van der Waals surface area contributed by atoms with Crippen molar-refractivity contribution in [2.24, 2.45) is 5.92 Å². The molecule has 4 nitrogen and oxygen atoms in total. The van der Waals surface area contributed by atoms with E-state index in [-0.39, 0.29) is 17.5 Å². The molecule has 0 saturated carbocycles. The van der Waals surface area contributed by atoms with E-state index in [4.69, 9.17) is 0 Å². The van der Waals surface area contributed by atoms with Gasteiger partial charge in [0.05, 0.1) is 5.75 Å². The smallest absolute Gasteiger partial charge is 0.180 e. The molecule has 0 aromatic heterocycles. The summed E-state index contributed by atoms with van der Waals surface area (Å²) in [6.45, 7) is 3.23. The minimum atomic E-state index is -3.38. The summed E-state index contributed by atoms with van der Waals surface area (Å²) in [5, 5.41) is 2.26. The third kappa shape index (κ3) is 3.67. The van der Waals surface area contributed by atoms with Crippen molar-refractivity contribution in [3.8, 4) is 0 Å². The molecule has 2 rings (SSSR count). The van der Waals surface area contributed by atoms with Crippen LogP contribution < -0.4 is 5.32 Å². The number of hydrogen-bond acceptors (Lipinski definition) is 4. The van der Waals surface area contributed by atoms with Crippen LogP contribution in [0.5, 0.6) is 0 Å². The van der Waals surface area contributed by atoms with Crippen molar-refractivity contribution in [1.29, 1.82) is 0 Å². The van der Waals surface area contributed by atoms with Gasteiger partial charge in [-0.05, 0) is 38.8 Å². The van der Waals surface area contributed by atoms with Crippen molar-refractivity contribution in [2.45, 2.75) is 25.0 Å². The minimum Gasteiger partial charge on any atom is -0.317 e. The Bertz CT molecular complexity index is 548. The van der Waals surface area contributed by atoms with Crippen molar-refractivity contribution in [1.82, 2.24) is 5.32 Å². The zero-order valence-electron chi connectivity index (χ0n) is 11.7. The second kappa shape index (κ2) is 6.50. The summed E-state index contributed by atoms with van der Waals surface area (Å²) in [7, 11) is -3.38. The van der Waals surface area contributed by atoms with Gasteiger partial charge in [-0.25, -0.2) is 8.42 Å². The van der Waals surface area contributed by atoms with Crippen molar-refractivity contribution >= 4 is 15.6 Å². The molecule has 0 spiro atoms. The van der Waals surface area contributed by atoms with E-state index in [1.54, 1.807) is 24.3 Å². The number of piperidine rings is 1. The van der Waals surface area contributed by atoms with Crippen molar-refractivity contribution in [3.63, 3.8) is 0 Å². The van der Waals surface area contributed by atoms with Gasteiger partial charge in [0.15, 0.2) is 15.6 Å². The predicted molar refractivity (Wildman–Crippen MR) is 79.6 cm³/mol. The molecule has 5 heteroatoms. The van der Waals surface area contributed by atoms with E-state index in [0.717, 1.165) is 25.9 Å². The van der Waals surface area contributed by atoms with Gasteiger partial charge < -0.3 is 5.32 Å². The molecule has 1 unspecified atom stereocenters. The van der Waals surface area contributed by atoms with Gasteiger partial charge in [-0.1, -0.05) is 30.3 Å². The Kier molecular flexibility index (Phi) is 4.94. The third-order valence-electron chi connectivity index (χ3n) is 3.89. The molecule has 1 fully saturated rings. The molecular weight excluding hydrogens is 274 g/mol. The molecule has 1 aromatic carbocycles. The van der Waals surface area contributed by atoms with Gasteiger partial charge in [-0.2, -0.15) is 0 Å². The molecule has 1 aromatic rings. The summed E-state index contributed by atoms with van der Waals surface area (Å²) in [5.74, 6) is -0.0131. The zero-order chi connectivity index (χ0) is 14.6. The fourth-order valence-corrected chi connectivity index (χ4v) is 4.26. The fourth-order valence-electron chi connectivity index (χ4n) is 2.52. The number of carbonyl (C=O) groups is 1. The molecule has 1 heterocycles. The maximum absolute atomic E-state index is 12.4. The quantitative estimate of drug-likeness (QED) is 0.839. The van der Waals surface area contributed by atoms with Crippen LogP contribution in [0.3, 0.4) is 0 Å². The summed E-state index contributed by atoms with van der Waals surface area (Å²) < 4.78 is 24.7. The number of hydrogen-bond donors (Lipinski definition) is 1. The Morgan fingerprint density at radius 1 is 1.25 bits per heavy atom. The molecule has 0 aliphatic carbocycles. The van der Waals surface area contributed by atoms with Crippen LogP contribution in [0, 0.1) is 5.92 Å². The van der Waals surface area contributed by atoms with Crippen LogP contribution in [0.15, 0.2) is 30.3 Å². The van der Waals surface area contributed by atoms with Gasteiger partial charge in [0.1, 0.15) is 5.25 Å². The summed E-state index contributed by atoms with van der Waals surface area (Å²) in [6.07, 6.45) is 1.73. The molecule has 1 N–H and O–H groups in total. The van der Waals surface area contributed by atoms with E-state index in [2.05, 4.69) is 5.32 Å². The largest absolute Gasteiger partial charge is 0.317 e. The molecule has 1 atom stereocenters. The Morgan fingerprint density at radius 2 is 1.85 bits per heavy atom. The number of benzene rings is 1. The standard InChI is InChI=1S/C15H21NO3S/c1-12(15(17)14-5-3-2-4-6-14)20(18,19)11-13-7-9-16-10-8-13/h2-6,12-13,16H,7-11H2,1H3. The van der Waals surface area contributed by atoms with Gasteiger partial charge in [0.25, 0.3) is 0 Å². The number of rotatable bonds is 5. The lowest BCUT2D eigenvalue weighted by atomic mass is 10.0. The van der Waals surface area contributed by atoms with Gasteiger partial charge in [-0.15, -0.1) is 0 Å². The molecule has 0 radical (unpaired) electrons. The summed E-state index contributed by atoms with van der Waals surface area (Å²) in [6, 6.07) is 8.64. The van der Waals surface area contributed by atoms with Crippen molar-refractivity contribution in [3.05, 3.63) is 35.9 Å². The van der Waals surface area contributed by atoms with Crippen LogP contribution in [0.25, 0.3) is 0 Å². The Balaban J connectivity index is 2.06. The molecule has 1 saturated heterocycles. The Morgan fingerprint density at radius 3 is 2.45 bits per heavy atom. The van der Waals surface area contributed by atoms with Gasteiger partial charge in [0, 0.05) is 5.56 Å². The van der Waals surface area contributed by atoms with E-state index in [0.29, 0.717) is 5.56 Å². The first-order valence-corrected chi connectivity index (χ1v) is 8.74. The highest BCUT2D eigenvalue weighted by Gasteiger charge is 2.31. The Labute approximate surface area is 120 Å². The second-order valence-corrected chi connectivity index (χ2v) is 7.76. The van der Waals surface area contributed by atoms with Gasteiger partial charge >= 0.3 is 0 Å². The molecule has 1 aliphatic heterocycles.